The first kappa shape index (κ1) is 13.3. The first-order valence-electron chi connectivity index (χ1n) is 6.40. The maximum atomic E-state index is 13.8. The summed E-state index contributed by atoms with van der Waals surface area (Å²) in [5.41, 5.74) is 0.967. The van der Waals surface area contributed by atoms with Crippen LogP contribution in [0.4, 0.5) is 4.39 Å². The first-order chi connectivity index (χ1) is 8.56. The van der Waals surface area contributed by atoms with Crippen molar-refractivity contribution in [2.45, 2.75) is 38.3 Å². The van der Waals surface area contributed by atoms with Crippen LogP contribution in [0.2, 0.25) is 0 Å². The molecule has 0 amide bonds. The quantitative estimate of drug-likeness (QED) is 0.863. The van der Waals surface area contributed by atoms with Crippen molar-refractivity contribution in [3.63, 3.8) is 0 Å². The van der Waals surface area contributed by atoms with Crippen molar-refractivity contribution in [3.05, 3.63) is 29.6 Å². The molecule has 100 valence electrons. The number of hydrogen-bond donors (Lipinski definition) is 2. The Morgan fingerprint density at radius 2 is 2.28 bits per heavy atom. The minimum absolute atomic E-state index is 0.101. The van der Waals surface area contributed by atoms with Crippen molar-refractivity contribution in [1.82, 2.24) is 5.32 Å². The fourth-order valence-corrected chi connectivity index (χ4v) is 2.11. The van der Waals surface area contributed by atoms with E-state index in [1.807, 2.05) is 19.9 Å². The largest absolute Gasteiger partial charge is 0.489 e. The number of β-amino-alcohol motifs (C(OH)–C–C–N with tert-alkyl or cyclic N) is 1. The number of halogens is 1. The molecule has 1 heterocycles. The van der Waals surface area contributed by atoms with Crippen molar-refractivity contribution in [1.29, 1.82) is 0 Å². The molecule has 2 rings (SSSR count). The number of aliphatic hydroxyl groups is 1. The number of aliphatic hydroxyl groups excluding tert-OH is 1. The van der Waals surface area contributed by atoms with Crippen LogP contribution < -0.4 is 10.1 Å². The second-order valence-corrected chi connectivity index (χ2v) is 5.15. The summed E-state index contributed by atoms with van der Waals surface area (Å²) in [6, 6.07) is 5.19. The van der Waals surface area contributed by atoms with Crippen molar-refractivity contribution in [2.24, 2.45) is 0 Å². The lowest BCUT2D eigenvalue weighted by molar-refractivity contribution is 0.186. The predicted octanol–water partition coefficient (Wildman–Crippen LogP) is 2.05. The first-order valence-corrected chi connectivity index (χ1v) is 6.40. The molecule has 1 fully saturated rings. The summed E-state index contributed by atoms with van der Waals surface area (Å²) in [6.07, 6.45) is 0.345. The van der Waals surface area contributed by atoms with E-state index >= 15 is 0 Å². The molecule has 0 saturated carbocycles. The van der Waals surface area contributed by atoms with Gasteiger partial charge in [0.2, 0.25) is 0 Å². The van der Waals surface area contributed by atoms with Crippen molar-refractivity contribution >= 4 is 0 Å². The van der Waals surface area contributed by atoms with Gasteiger partial charge in [-0.2, -0.15) is 0 Å². The molecule has 4 heteroatoms. The van der Waals surface area contributed by atoms with Crippen LogP contribution in [0.25, 0.3) is 0 Å². The molecule has 1 aliphatic heterocycles. The minimum Gasteiger partial charge on any atom is -0.489 e. The Balaban J connectivity index is 1.93. The van der Waals surface area contributed by atoms with E-state index in [1.54, 1.807) is 6.07 Å². The molecule has 18 heavy (non-hydrogen) atoms. The third-order valence-corrected chi connectivity index (χ3v) is 3.26. The Bertz CT molecular complexity index is 409. The molecular formula is C14H20FNO2. The molecule has 0 spiro atoms. The van der Waals surface area contributed by atoms with Gasteiger partial charge in [0.15, 0.2) is 11.6 Å². The van der Waals surface area contributed by atoms with Gasteiger partial charge in [-0.25, -0.2) is 4.39 Å². The molecule has 1 aliphatic rings. The molecule has 0 radical (unpaired) electrons. The highest BCUT2D eigenvalue weighted by Crippen LogP contribution is 2.23. The second kappa shape index (κ2) is 5.67. The number of benzene rings is 1. The summed E-state index contributed by atoms with van der Waals surface area (Å²) in [7, 11) is 0. The maximum absolute atomic E-state index is 13.8. The van der Waals surface area contributed by atoms with Gasteiger partial charge in [-0.3, -0.25) is 0 Å². The van der Waals surface area contributed by atoms with Gasteiger partial charge in [0, 0.05) is 12.6 Å². The average molecular weight is 253 g/mol. The van der Waals surface area contributed by atoms with Crippen LogP contribution in [-0.2, 0) is 0 Å². The highest BCUT2D eigenvalue weighted by atomic mass is 19.1. The molecule has 0 aliphatic carbocycles. The topological polar surface area (TPSA) is 41.5 Å². The lowest BCUT2D eigenvalue weighted by Gasteiger charge is -2.14. The summed E-state index contributed by atoms with van der Waals surface area (Å²) in [5, 5.41) is 12.5. The van der Waals surface area contributed by atoms with Gasteiger partial charge in [-0.15, -0.1) is 0 Å². The Hall–Kier alpha value is -1.13. The SMILES string of the molecule is CC(C)c1ccc(OC[C@@H]2C[C@@H](O)CN2)c(F)c1. The van der Waals surface area contributed by atoms with Gasteiger partial charge in [0.1, 0.15) is 6.61 Å². The molecule has 2 atom stereocenters. The van der Waals surface area contributed by atoms with Crippen molar-refractivity contribution in [2.75, 3.05) is 13.2 Å². The van der Waals surface area contributed by atoms with Crippen molar-refractivity contribution in [3.8, 4) is 5.75 Å². The van der Waals surface area contributed by atoms with Crippen molar-refractivity contribution < 1.29 is 14.2 Å². The standard InChI is InChI=1S/C14H20FNO2/c1-9(2)10-3-4-14(13(15)5-10)18-8-11-6-12(17)7-16-11/h3-5,9,11-12,16-17H,6-8H2,1-2H3/t11-,12+/m0/s1. The normalized spacial score (nSPS) is 23.6. The van der Waals surface area contributed by atoms with Gasteiger partial charge in [0.25, 0.3) is 0 Å². The van der Waals surface area contributed by atoms with Crippen LogP contribution in [0.1, 0.15) is 31.7 Å². The number of hydrogen-bond acceptors (Lipinski definition) is 3. The van der Waals surface area contributed by atoms with Crippen LogP contribution in [0.5, 0.6) is 5.75 Å². The van der Waals surface area contributed by atoms with E-state index in [0.29, 0.717) is 25.5 Å². The molecule has 3 nitrogen and oxygen atoms in total. The average Bonchev–Trinajstić information content (AvgIpc) is 2.73. The highest BCUT2D eigenvalue weighted by Gasteiger charge is 2.22. The maximum Gasteiger partial charge on any atom is 0.165 e. The number of rotatable bonds is 4. The fraction of sp³-hybridized carbons (Fsp3) is 0.571. The highest BCUT2D eigenvalue weighted by molar-refractivity contribution is 5.30. The molecule has 0 bridgehead atoms. The lowest BCUT2D eigenvalue weighted by atomic mass is 10.0. The second-order valence-electron chi connectivity index (χ2n) is 5.15. The predicted molar refractivity (Wildman–Crippen MR) is 68.4 cm³/mol. The number of ether oxygens (including phenoxy) is 1. The van der Waals surface area contributed by atoms with Gasteiger partial charge in [-0.05, 0) is 30.0 Å². The smallest absolute Gasteiger partial charge is 0.165 e. The van der Waals surface area contributed by atoms with Gasteiger partial charge >= 0.3 is 0 Å². The minimum atomic E-state index is -0.320. The third-order valence-electron chi connectivity index (χ3n) is 3.26. The van der Waals surface area contributed by atoms with Crippen LogP contribution in [0.15, 0.2) is 18.2 Å². The molecule has 1 aromatic rings. The summed E-state index contributed by atoms with van der Waals surface area (Å²) in [4.78, 5) is 0. The third kappa shape index (κ3) is 3.21. The van der Waals surface area contributed by atoms with Gasteiger partial charge in [-0.1, -0.05) is 19.9 Å². The summed E-state index contributed by atoms with van der Waals surface area (Å²) in [5.74, 6) is 0.266. The zero-order chi connectivity index (χ0) is 13.1. The van der Waals surface area contributed by atoms with Crippen LogP contribution in [-0.4, -0.2) is 30.4 Å². The molecule has 2 N–H and O–H groups in total. The molecule has 1 saturated heterocycles. The van der Waals surface area contributed by atoms with E-state index < -0.39 is 0 Å². The Morgan fingerprint density at radius 1 is 1.50 bits per heavy atom. The molecule has 1 aromatic carbocycles. The summed E-state index contributed by atoms with van der Waals surface area (Å²) in [6.45, 7) is 5.02. The Kier molecular flexibility index (Phi) is 4.19. The van der Waals surface area contributed by atoms with Crippen LogP contribution in [0, 0.1) is 5.82 Å². The number of nitrogens with one attached hydrogen (secondary N) is 1. The summed E-state index contributed by atoms with van der Waals surface area (Å²) < 4.78 is 19.2. The molecule has 0 aromatic heterocycles. The van der Waals surface area contributed by atoms with E-state index in [1.165, 1.54) is 6.07 Å². The van der Waals surface area contributed by atoms with Crippen LogP contribution >= 0.6 is 0 Å². The van der Waals surface area contributed by atoms with E-state index in [0.717, 1.165) is 5.56 Å². The van der Waals surface area contributed by atoms with Crippen LogP contribution in [0.3, 0.4) is 0 Å². The Morgan fingerprint density at radius 3 is 2.83 bits per heavy atom. The van der Waals surface area contributed by atoms with E-state index in [9.17, 15) is 9.50 Å². The van der Waals surface area contributed by atoms with E-state index in [2.05, 4.69) is 5.32 Å². The van der Waals surface area contributed by atoms with E-state index in [4.69, 9.17) is 4.74 Å². The molecular weight excluding hydrogens is 233 g/mol. The lowest BCUT2D eigenvalue weighted by Crippen LogP contribution is -2.28. The molecule has 0 unspecified atom stereocenters. The Labute approximate surface area is 107 Å². The van der Waals surface area contributed by atoms with Gasteiger partial charge < -0.3 is 15.2 Å². The fourth-order valence-electron chi connectivity index (χ4n) is 2.11. The summed E-state index contributed by atoms with van der Waals surface area (Å²) >= 11 is 0. The monoisotopic (exact) mass is 253 g/mol. The zero-order valence-corrected chi connectivity index (χ0v) is 10.8. The zero-order valence-electron chi connectivity index (χ0n) is 10.8. The van der Waals surface area contributed by atoms with Gasteiger partial charge in [0.05, 0.1) is 6.10 Å². The van der Waals surface area contributed by atoms with E-state index in [-0.39, 0.29) is 23.7 Å².